The maximum atomic E-state index is 12.6. The molecular formula is C15H10N4O2. The van der Waals surface area contributed by atoms with Gasteiger partial charge >= 0.3 is 0 Å². The van der Waals surface area contributed by atoms with Crippen molar-refractivity contribution in [1.29, 1.82) is 0 Å². The van der Waals surface area contributed by atoms with Crippen LogP contribution in [0.5, 0.6) is 0 Å². The smallest absolute Gasteiger partial charge is 0.261 e. The zero-order valence-corrected chi connectivity index (χ0v) is 10.9. The normalized spacial score (nSPS) is 14.0. The van der Waals surface area contributed by atoms with Crippen molar-refractivity contribution in [2.75, 3.05) is 0 Å². The number of aromatic nitrogens is 3. The molecule has 3 aromatic rings. The number of amides is 2. The Morgan fingerprint density at radius 2 is 1.67 bits per heavy atom. The second kappa shape index (κ2) is 4.24. The van der Waals surface area contributed by atoms with E-state index >= 15 is 0 Å². The van der Waals surface area contributed by atoms with Crippen LogP contribution in [0.15, 0.2) is 42.7 Å². The molecule has 1 aromatic heterocycles. The van der Waals surface area contributed by atoms with Gasteiger partial charge in [0.25, 0.3) is 11.8 Å². The fourth-order valence-corrected chi connectivity index (χ4v) is 2.68. The first-order valence-electron chi connectivity index (χ1n) is 6.48. The highest BCUT2D eigenvalue weighted by Crippen LogP contribution is 2.30. The molecule has 0 unspecified atom stereocenters. The van der Waals surface area contributed by atoms with Gasteiger partial charge in [-0.15, -0.1) is 0 Å². The average Bonchev–Trinajstić information content (AvgIpc) is 3.02. The molecule has 2 heterocycles. The number of nitrogens with one attached hydrogen (secondary N) is 1. The van der Waals surface area contributed by atoms with Crippen LogP contribution in [0.25, 0.3) is 10.8 Å². The third-order valence-electron chi connectivity index (χ3n) is 3.63. The lowest BCUT2D eigenvalue weighted by Crippen LogP contribution is -2.40. The van der Waals surface area contributed by atoms with Crippen molar-refractivity contribution >= 4 is 22.6 Å². The van der Waals surface area contributed by atoms with E-state index in [1.165, 1.54) is 11.2 Å². The molecule has 0 bridgehead atoms. The molecule has 0 spiro atoms. The highest BCUT2D eigenvalue weighted by atomic mass is 16.2. The molecule has 0 saturated heterocycles. The first-order valence-corrected chi connectivity index (χ1v) is 6.48. The van der Waals surface area contributed by atoms with Gasteiger partial charge in [0.15, 0.2) is 0 Å². The quantitative estimate of drug-likeness (QED) is 0.724. The Balaban J connectivity index is 1.89. The average molecular weight is 278 g/mol. The van der Waals surface area contributed by atoms with Crippen molar-refractivity contribution in [3.8, 4) is 0 Å². The van der Waals surface area contributed by atoms with Gasteiger partial charge in [-0.2, -0.15) is 5.10 Å². The molecule has 0 atom stereocenters. The summed E-state index contributed by atoms with van der Waals surface area (Å²) in [5.74, 6) is -0.135. The van der Waals surface area contributed by atoms with Gasteiger partial charge in [-0.05, 0) is 17.5 Å². The number of carbonyl (C=O) groups excluding carboxylic acids is 2. The fourth-order valence-electron chi connectivity index (χ4n) is 2.68. The highest BCUT2D eigenvalue weighted by molar-refractivity contribution is 6.25. The summed E-state index contributed by atoms with van der Waals surface area (Å²) in [4.78, 5) is 30.3. The molecule has 0 saturated carbocycles. The Kier molecular flexibility index (Phi) is 2.38. The Morgan fingerprint density at radius 3 is 2.24 bits per heavy atom. The monoisotopic (exact) mass is 278 g/mol. The maximum absolute atomic E-state index is 12.6. The van der Waals surface area contributed by atoms with E-state index in [0.717, 1.165) is 10.8 Å². The van der Waals surface area contributed by atoms with Crippen molar-refractivity contribution in [1.82, 2.24) is 20.1 Å². The number of nitrogens with zero attached hydrogens (tertiary/aromatic N) is 3. The van der Waals surface area contributed by atoms with Crippen LogP contribution in [0.3, 0.4) is 0 Å². The van der Waals surface area contributed by atoms with E-state index in [1.807, 2.05) is 24.3 Å². The Labute approximate surface area is 119 Å². The second-order valence-electron chi connectivity index (χ2n) is 4.84. The van der Waals surface area contributed by atoms with Gasteiger partial charge in [-0.1, -0.05) is 24.3 Å². The molecule has 2 amide bonds. The first-order chi connectivity index (χ1) is 10.3. The SMILES string of the molecule is O=C1c2cccc3cccc(c23)C(=O)N1Cc1ncn[nH]1. The van der Waals surface area contributed by atoms with Crippen LogP contribution in [0.2, 0.25) is 0 Å². The van der Waals surface area contributed by atoms with E-state index < -0.39 is 0 Å². The van der Waals surface area contributed by atoms with Crippen molar-refractivity contribution in [2.45, 2.75) is 6.54 Å². The predicted molar refractivity (Wildman–Crippen MR) is 74.5 cm³/mol. The van der Waals surface area contributed by atoms with Gasteiger partial charge in [-0.25, -0.2) is 4.98 Å². The third kappa shape index (κ3) is 1.66. The van der Waals surface area contributed by atoms with Crippen LogP contribution in [-0.4, -0.2) is 31.9 Å². The molecule has 0 fully saturated rings. The number of carbonyl (C=O) groups is 2. The number of aromatic amines is 1. The van der Waals surface area contributed by atoms with Crippen molar-refractivity contribution < 1.29 is 9.59 Å². The maximum Gasteiger partial charge on any atom is 0.261 e. The Hall–Kier alpha value is -3.02. The van der Waals surface area contributed by atoms with Gasteiger partial charge in [0.1, 0.15) is 12.2 Å². The lowest BCUT2D eigenvalue weighted by Gasteiger charge is -2.26. The minimum atomic E-state index is -0.305. The summed E-state index contributed by atoms with van der Waals surface area (Å²) in [6, 6.07) is 10.9. The number of imide groups is 1. The predicted octanol–water partition coefficient (Wildman–Crippen LogP) is 1.75. The molecule has 6 heteroatoms. The number of H-pyrrole nitrogens is 1. The molecule has 1 N–H and O–H groups in total. The molecule has 0 aliphatic carbocycles. The number of rotatable bonds is 2. The molecule has 4 rings (SSSR count). The molecular weight excluding hydrogens is 268 g/mol. The summed E-state index contributed by atoms with van der Waals surface area (Å²) >= 11 is 0. The molecule has 1 aliphatic rings. The van der Waals surface area contributed by atoms with Crippen LogP contribution in [0.4, 0.5) is 0 Å². The Bertz CT molecular complexity index is 820. The van der Waals surface area contributed by atoms with E-state index in [9.17, 15) is 9.59 Å². The largest absolute Gasteiger partial charge is 0.269 e. The van der Waals surface area contributed by atoms with Crippen LogP contribution >= 0.6 is 0 Å². The molecule has 2 aromatic carbocycles. The van der Waals surface area contributed by atoms with Gasteiger partial charge < -0.3 is 0 Å². The minimum absolute atomic E-state index is 0.0857. The summed E-state index contributed by atoms with van der Waals surface area (Å²) in [6.45, 7) is 0.0857. The highest BCUT2D eigenvalue weighted by Gasteiger charge is 2.32. The lowest BCUT2D eigenvalue weighted by atomic mass is 9.94. The third-order valence-corrected chi connectivity index (χ3v) is 3.63. The van der Waals surface area contributed by atoms with Crippen molar-refractivity contribution in [3.05, 3.63) is 59.7 Å². The molecule has 6 nitrogen and oxygen atoms in total. The molecule has 102 valence electrons. The van der Waals surface area contributed by atoms with Gasteiger partial charge in [0.2, 0.25) is 0 Å². The molecule has 0 radical (unpaired) electrons. The summed E-state index contributed by atoms with van der Waals surface area (Å²) in [7, 11) is 0. The number of benzene rings is 2. The summed E-state index contributed by atoms with van der Waals surface area (Å²) in [5, 5.41) is 8.02. The number of hydrogen-bond acceptors (Lipinski definition) is 4. The minimum Gasteiger partial charge on any atom is -0.269 e. The van der Waals surface area contributed by atoms with Crippen LogP contribution in [0.1, 0.15) is 26.5 Å². The van der Waals surface area contributed by atoms with E-state index in [1.54, 1.807) is 12.1 Å². The van der Waals surface area contributed by atoms with Crippen molar-refractivity contribution in [2.24, 2.45) is 0 Å². The second-order valence-corrected chi connectivity index (χ2v) is 4.84. The summed E-state index contributed by atoms with van der Waals surface area (Å²) in [6.07, 6.45) is 1.35. The van der Waals surface area contributed by atoms with Crippen LogP contribution in [0, 0.1) is 0 Å². The lowest BCUT2D eigenvalue weighted by molar-refractivity contribution is 0.0594. The fraction of sp³-hybridized carbons (Fsp3) is 0.0667. The number of hydrogen-bond donors (Lipinski definition) is 1. The van der Waals surface area contributed by atoms with E-state index in [-0.39, 0.29) is 18.4 Å². The van der Waals surface area contributed by atoms with E-state index in [0.29, 0.717) is 17.0 Å². The van der Waals surface area contributed by atoms with Gasteiger partial charge in [0.05, 0.1) is 6.54 Å². The topological polar surface area (TPSA) is 79.0 Å². The van der Waals surface area contributed by atoms with E-state index in [4.69, 9.17) is 0 Å². The van der Waals surface area contributed by atoms with Crippen LogP contribution in [-0.2, 0) is 6.54 Å². The van der Waals surface area contributed by atoms with Crippen molar-refractivity contribution in [3.63, 3.8) is 0 Å². The summed E-state index contributed by atoms with van der Waals surface area (Å²) < 4.78 is 0. The van der Waals surface area contributed by atoms with E-state index in [2.05, 4.69) is 15.2 Å². The van der Waals surface area contributed by atoms with Crippen LogP contribution < -0.4 is 0 Å². The van der Waals surface area contributed by atoms with Gasteiger partial charge in [0, 0.05) is 16.5 Å². The zero-order valence-electron chi connectivity index (χ0n) is 10.9. The standard InChI is InChI=1S/C15H10N4O2/c20-14-10-5-1-3-9-4-2-6-11(13(9)10)15(21)19(14)7-12-16-8-17-18-12/h1-6,8H,7H2,(H,16,17,18). The first kappa shape index (κ1) is 11.8. The summed E-state index contributed by atoms with van der Waals surface area (Å²) in [5.41, 5.74) is 1.09. The Morgan fingerprint density at radius 1 is 1.00 bits per heavy atom. The molecule has 1 aliphatic heterocycles. The van der Waals surface area contributed by atoms with Gasteiger partial charge in [-0.3, -0.25) is 19.6 Å². The molecule has 21 heavy (non-hydrogen) atoms. The zero-order chi connectivity index (χ0) is 14.4.